The zero-order valence-electron chi connectivity index (χ0n) is 11.1. The zero-order valence-corrected chi connectivity index (χ0v) is 11.1. The van der Waals surface area contributed by atoms with Crippen LogP contribution in [0, 0.1) is 6.92 Å². The molecule has 94 valence electrons. The van der Waals surface area contributed by atoms with Gasteiger partial charge in [0.1, 0.15) is 0 Å². The Labute approximate surface area is 109 Å². The van der Waals surface area contributed by atoms with Crippen molar-refractivity contribution in [3.8, 4) is 0 Å². The minimum absolute atomic E-state index is 1.01. The number of nitrogens with zero attached hydrogens (tertiary/aromatic N) is 1. The Hall–Kier alpha value is -1.80. The third-order valence-corrected chi connectivity index (χ3v) is 3.04. The molecule has 2 nitrogen and oxygen atoms in total. The highest BCUT2D eigenvalue weighted by Crippen LogP contribution is 2.23. The molecule has 0 aliphatic carbocycles. The summed E-state index contributed by atoms with van der Waals surface area (Å²) in [6.45, 7) is 4.26. The molecule has 0 saturated carbocycles. The van der Waals surface area contributed by atoms with Crippen molar-refractivity contribution in [3.05, 3.63) is 59.7 Å². The fourth-order valence-electron chi connectivity index (χ4n) is 2.00. The van der Waals surface area contributed by atoms with E-state index in [4.69, 9.17) is 5.84 Å². The van der Waals surface area contributed by atoms with Crippen molar-refractivity contribution >= 4 is 11.4 Å². The first kappa shape index (κ1) is 12.7. The van der Waals surface area contributed by atoms with Gasteiger partial charge >= 0.3 is 0 Å². The summed E-state index contributed by atoms with van der Waals surface area (Å²) in [6, 6.07) is 16.6. The molecule has 18 heavy (non-hydrogen) atoms. The van der Waals surface area contributed by atoms with Gasteiger partial charge in [0, 0.05) is 0 Å². The summed E-state index contributed by atoms with van der Waals surface area (Å²) in [5.41, 5.74) is 4.61. The molecule has 2 heteroatoms. The lowest BCUT2D eigenvalue weighted by atomic mass is 10.1. The highest BCUT2D eigenvalue weighted by atomic mass is 15.4. The second-order valence-electron chi connectivity index (χ2n) is 4.63. The molecule has 0 bridgehead atoms. The number of hydrogen-bond donors (Lipinski definition) is 1. The maximum atomic E-state index is 6.16. The van der Waals surface area contributed by atoms with Crippen LogP contribution in [0.15, 0.2) is 48.5 Å². The van der Waals surface area contributed by atoms with Crippen LogP contribution in [0.2, 0.25) is 0 Å². The van der Waals surface area contributed by atoms with E-state index >= 15 is 0 Å². The average molecular weight is 240 g/mol. The minimum atomic E-state index is 1.01. The first-order valence-corrected chi connectivity index (χ1v) is 6.41. The predicted octanol–water partition coefficient (Wildman–Crippen LogP) is 3.96. The van der Waals surface area contributed by atoms with E-state index in [1.165, 1.54) is 11.1 Å². The largest absolute Gasteiger partial charge is 0.280 e. The summed E-state index contributed by atoms with van der Waals surface area (Å²) in [6.07, 6.45) is 2.24. The van der Waals surface area contributed by atoms with Crippen LogP contribution >= 0.6 is 0 Å². The van der Waals surface area contributed by atoms with E-state index in [2.05, 4.69) is 44.2 Å². The Kier molecular flexibility index (Phi) is 4.00. The van der Waals surface area contributed by atoms with Crippen molar-refractivity contribution in [2.45, 2.75) is 26.7 Å². The Bertz CT molecular complexity index is 503. The van der Waals surface area contributed by atoms with Crippen molar-refractivity contribution in [1.82, 2.24) is 0 Å². The predicted molar refractivity (Wildman–Crippen MR) is 77.9 cm³/mol. The van der Waals surface area contributed by atoms with Gasteiger partial charge in [0.25, 0.3) is 0 Å². The van der Waals surface area contributed by atoms with Crippen molar-refractivity contribution in [3.63, 3.8) is 0 Å². The summed E-state index contributed by atoms with van der Waals surface area (Å²) in [7, 11) is 0. The van der Waals surface area contributed by atoms with Crippen LogP contribution in [0.25, 0.3) is 0 Å². The van der Waals surface area contributed by atoms with Gasteiger partial charge in [-0.05, 0) is 43.2 Å². The van der Waals surface area contributed by atoms with E-state index in [0.29, 0.717) is 0 Å². The number of hydrogen-bond acceptors (Lipinski definition) is 2. The molecule has 0 amide bonds. The quantitative estimate of drug-likeness (QED) is 0.647. The highest BCUT2D eigenvalue weighted by Gasteiger charge is 2.04. The molecule has 2 aromatic rings. The highest BCUT2D eigenvalue weighted by molar-refractivity contribution is 5.62. The molecule has 0 aliphatic rings. The van der Waals surface area contributed by atoms with E-state index in [0.717, 1.165) is 24.2 Å². The molecule has 2 aromatic carbocycles. The average Bonchev–Trinajstić information content (AvgIpc) is 2.39. The Morgan fingerprint density at radius 3 is 2.39 bits per heavy atom. The lowest BCUT2D eigenvalue weighted by Gasteiger charge is -2.19. The van der Waals surface area contributed by atoms with E-state index < -0.39 is 0 Å². The summed E-state index contributed by atoms with van der Waals surface area (Å²) >= 11 is 0. The molecule has 0 aliphatic heterocycles. The first-order valence-electron chi connectivity index (χ1n) is 6.41. The van der Waals surface area contributed by atoms with Gasteiger partial charge in [-0.3, -0.25) is 5.01 Å². The first-order chi connectivity index (χ1) is 8.70. The van der Waals surface area contributed by atoms with Crippen LogP contribution in [0.1, 0.15) is 24.5 Å². The van der Waals surface area contributed by atoms with Gasteiger partial charge in [0.15, 0.2) is 0 Å². The summed E-state index contributed by atoms with van der Waals surface area (Å²) in [5, 5.41) is 1.73. The minimum Gasteiger partial charge on any atom is -0.280 e. The number of anilines is 2. The Morgan fingerprint density at radius 1 is 1.00 bits per heavy atom. The second kappa shape index (κ2) is 5.69. The molecule has 0 saturated heterocycles. The van der Waals surface area contributed by atoms with E-state index in [1.54, 1.807) is 5.01 Å². The van der Waals surface area contributed by atoms with Crippen LogP contribution in [0.5, 0.6) is 0 Å². The molecule has 2 rings (SSSR count). The topological polar surface area (TPSA) is 29.3 Å². The van der Waals surface area contributed by atoms with Gasteiger partial charge in [0.2, 0.25) is 0 Å². The molecule has 0 unspecified atom stereocenters. The molecular weight excluding hydrogens is 220 g/mol. The molecule has 2 N–H and O–H groups in total. The number of benzene rings is 2. The van der Waals surface area contributed by atoms with Crippen LogP contribution < -0.4 is 10.9 Å². The summed E-state index contributed by atoms with van der Waals surface area (Å²) in [4.78, 5) is 0. The van der Waals surface area contributed by atoms with Gasteiger partial charge in [-0.1, -0.05) is 43.2 Å². The second-order valence-corrected chi connectivity index (χ2v) is 4.63. The monoisotopic (exact) mass is 240 g/mol. The van der Waals surface area contributed by atoms with Crippen LogP contribution in [0.4, 0.5) is 11.4 Å². The molecule has 0 spiro atoms. The van der Waals surface area contributed by atoms with Gasteiger partial charge in [0.05, 0.1) is 11.4 Å². The lowest BCUT2D eigenvalue weighted by Crippen LogP contribution is -2.24. The standard InChI is InChI=1S/C16H20N2/c1-3-5-14-6-4-7-16(12-14)18(17)15-10-8-13(2)9-11-15/h4,6-12H,3,5,17H2,1-2H3. The fraction of sp³-hybridized carbons (Fsp3) is 0.250. The smallest absolute Gasteiger partial charge is 0.0577 e. The van der Waals surface area contributed by atoms with Crippen LogP contribution in [-0.2, 0) is 6.42 Å². The van der Waals surface area contributed by atoms with Crippen molar-refractivity contribution < 1.29 is 0 Å². The summed E-state index contributed by atoms with van der Waals surface area (Å²) in [5.74, 6) is 6.16. The number of rotatable bonds is 4. The molecule has 0 aromatic heterocycles. The number of hydrazine groups is 1. The normalized spacial score (nSPS) is 10.4. The third-order valence-electron chi connectivity index (χ3n) is 3.04. The summed E-state index contributed by atoms with van der Waals surface area (Å²) < 4.78 is 0. The fourth-order valence-corrected chi connectivity index (χ4v) is 2.00. The van der Waals surface area contributed by atoms with E-state index in [1.807, 2.05) is 18.2 Å². The maximum Gasteiger partial charge on any atom is 0.0577 e. The van der Waals surface area contributed by atoms with Crippen LogP contribution in [-0.4, -0.2) is 0 Å². The van der Waals surface area contributed by atoms with Crippen molar-refractivity contribution in [2.24, 2.45) is 5.84 Å². The molecule has 0 heterocycles. The molecular formula is C16H20N2. The SMILES string of the molecule is CCCc1cccc(N(N)c2ccc(C)cc2)c1. The lowest BCUT2D eigenvalue weighted by molar-refractivity contribution is 0.919. The number of nitrogens with two attached hydrogens (primary N) is 1. The van der Waals surface area contributed by atoms with Gasteiger partial charge in [-0.15, -0.1) is 0 Å². The van der Waals surface area contributed by atoms with Gasteiger partial charge in [-0.25, -0.2) is 5.84 Å². The van der Waals surface area contributed by atoms with E-state index in [-0.39, 0.29) is 0 Å². The molecule has 0 fully saturated rings. The Morgan fingerprint density at radius 2 is 1.72 bits per heavy atom. The van der Waals surface area contributed by atoms with Crippen LogP contribution in [0.3, 0.4) is 0 Å². The van der Waals surface area contributed by atoms with Crippen molar-refractivity contribution in [2.75, 3.05) is 5.01 Å². The molecule has 0 radical (unpaired) electrons. The van der Waals surface area contributed by atoms with Crippen molar-refractivity contribution in [1.29, 1.82) is 0 Å². The number of aryl methyl sites for hydroxylation is 2. The maximum absolute atomic E-state index is 6.16. The molecule has 0 atom stereocenters. The van der Waals surface area contributed by atoms with Gasteiger partial charge < -0.3 is 0 Å². The zero-order chi connectivity index (χ0) is 13.0. The Balaban J connectivity index is 2.24. The van der Waals surface area contributed by atoms with Gasteiger partial charge in [-0.2, -0.15) is 0 Å². The third kappa shape index (κ3) is 2.90. The van der Waals surface area contributed by atoms with E-state index in [9.17, 15) is 0 Å².